The Balaban J connectivity index is 2.27. The van der Waals surface area contributed by atoms with Gasteiger partial charge in [-0.25, -0.2) is 9.97 Å². The fourth-order valence-electron chi connectivity index (χ4n) is 1.61. The molecule has 0 fully saturated rings. The molecule has 0 unspecified atom stereocenters. The highest BCUT2D eigenvalue weighted by molar-refractivity contribution is 7.99. The summed E-state index contributed by atoms with van der Waals surface area (Å²) in [5, 5.41) is 11.5. The topological polar surface area (TPSA) is 104 Å². The SMILES string of the molecule is CCOCc1nc(N)cc(Sc2ccccc2[N+](=O)[O-])n1. The van der Waals surface area contributed by atoms with E-state index in [9.17, 15) is 10.1 Å². The molecule has 2 aromatic rings. The summed E-state index contributed by atoms with van der Waals surface area (Å²) in [5.41, 5.74) is 5.76. The maximum atomic E-state index is 11.0. The summed E-state index contributed by atoms with van der Waals surface area (Å²) < 4.78 is 5.24. The first-order valence-corrected chi connectivity index (χ1v) is 7.04. The molecule has 0 atom stereocenters. The van der Waals surface area contributed by atoms with Gasteiger partial charge in [0.05, 0.1) is 9.82 Å². The first kappa shape index (κ1) is 15.2. The standard InChI is InChI=1S/C13H14N4O3S/c1-2-20-8-12-15-11(14)7-13(16-12)21-10-6-4-3-5-9(10)17(18)19/h3-7H,2,8H2,1H3,(H2,14,15,16). The van der Waals surface area contributed by atoms with E-state index in [0.717, 1.165) is 0 Å². The van der Waals surface area contributed by atoms with Crippen LogP contribution in [0.3, 0.4) is 0 Å². The first-order chi connectivity index (χ1) is 10.1. The molecule has 0 saturated heterocycles. The zero-order valence-corrected chi connectivity index (χ0v) is 12.2. The lowest BCUT2D eigenvalue weighted by molar-refractivity contribution is -0.387. The summed E-state index contributed by atoms with van der Waals surface area (Å²) in [7, 11) is 0. The molecule has 21 heavy (non-hydrogen) atoms. The van der Waals surface area contributed by atoms with Gasteiger partial charge < -0.3 is 10.5 Å². The van der Waals surface area contributed by atoms with E-state index in [0.29, 0.717) is 28.2 Å². The van der Waals surface area contributed by atoms with Crippen molar-refractivity contribution in [3.8, 4) is 0 Å². The number of para-hydroxylation sites is 1. The average Bonchev–Trinajstić information content (AvgIpc) is 2.45. The van der Waals surface area contributed by atoms with E-state index in [1.54, 1.807) is 24.3 Å². The third kappa shape index (κ3) is 4.14. The largest absolute Gasteiger partial charge is 0.384 e. The molecule has 1 aromatic heterocycles. The summed E-state index contributed by atoms with van der Waals surface area (Å²) in [6, 6.07) is 8.06. The number of ether oxygens (including phenoxy) is 1. The molecule has 0 spiro atoms. The zero-order chi connectivity index (χ0) is 15.2. The zero-order valence-electron chi connectivity index (χ0n) is 11.4. The summed E-state index contributed by atoms with van der Waals surface area (Å²) in [5.74, 6) is 0.763. The quantitative estimate of drug-likeness (QED) is 0.497. The van der Waals surface area contributed by atoms with Crippen LogP contribution in [0.25, 0.3) is 0 Å². The van der Waals surface area contributed by atoms with Crippen LogP contribution >= 0.6 is 11.8 Å². The van der Waals surface area contributed by atoms with Crippen LogP contribution in [0.2, 0.25) is 0 Å². The number of nitrogen functional groups attached to an aromatic ring is 1. The summed E-state index contributed by atoms with van der Waals surface area (Å²) in [6.07, 6.45) is 0. The van der Waals surface area contributed by atoms with Gasteiger partial charge in [-0.2, -0.15) is 0 Å². The Kier molecular flexibility index (Phi) is 5.07. The third-order valence-electron chi connectivity index (χ3n) is 2.48. The van der Waals surface area contributed by atoms with Crippen LogP contribution in [0.4, 0.5) is 11.5 Å². The maximum absolute atomic E-state index is 11.0. The lowest BCUT2D eigenvalue weighted by Gasteiger charge is -2.06. The predicted octanol–water partition coefficient (Wildman–Crippen LogP) is 2.65. The average molecular weight is 306 g/mol. The Labute approximate surface area is 125 Å². The normalized spacial score (nSPS) is 10.5. The van der Waals surface area contributed by atoms with Crippen LogP contribution in [0.15, 0.2) is 40.3 Å². The molecule has 8 heteroatoms. The number of nitrogens with two attached hydrogens (primary N) is 1. The molecule has 0 aliphatic carbocycles. The highest BCUT2D eigenvalue weighted by Crippen LogP contribution is 2.33. The van der Waals surface area contributed by atoms with Gasteiger partial charge >= 0.3 is 0 Å². The van der Waals surface area contributed by atoms with Gasteiger partial charge in [-0.1, -0.05) is 23.9 Å². The molecule has 2 N–H and O–H groups in total. The number of hydrogen-bond donors (Lipinski definition) is 1. The molecule has 1 heterocycles. The van der Waals surface area contributed by atoms with Gasteiger partial charge in [0.2, 0.25) is 0 Å². The maximum Gasteiger partial charge on any atom is 0.283 e. The van der Waals surface area contributed by atoms with Crippen molar-refractivity contribution in [1.82, 2.24) is 9.97 Å². The fourth-order valence-corrected chi connectivity index (χ4v) is 2.56. The van der Waals surface area contributed by atoms with Gasteiger partial charge in [-0.05, 0) is 13.0 Å². The number of rotatable bonds is 6. The van der Waals surface area contributed by atoms with E-state index < -0.39 is 4.92 Å². The minimum atomic E-state index is -0.423. The monoisotopic (exact) mass is 306 g/mol. The van der Waals surface area contributed by atoms with E-state index >= 15 is 0 Å². The van der Waals surface area contributed by atoms with Crippen molar-refractivity contribution >= 4 is 23.3 Å². The molecule has 0 aliphatic rings. The van der Waals surface area contributed by atoms with E-state index in [2.05, 4.69) is 9.97 Å². The Morgan fingerprint density at radius 3 is 2.86 bits per heavy atom. The lowest BCUT2D eigenvalue weighted by Crippen LogP contribution is -2.03. The number of nitro groups is 1. The second-order valence-corrected chi connectivity index (χ2v) is 5.07. The third-order valence-corrected chi connectivity index (χ3v) is 3.46. The van der Waals surface area contributed by atoms with Crippen molar-refractivity contribution in [3.63, 3.8) is 0 Å². The van der Waals surface area contributed by atoms with Crippen molar-refractivity contribution in [3.05, 3.63) is 46.3 Å². The Hall–Kier alpha value is -2.19. The van der Waals surface area contributed by atoms with Crippen LogP contribution in [0.1, 0.15) is 12.7 Å². The van der Waals surface area contributed by atoms with Crippen LogP contribution < -0.4 is 5.73 Å². The molecule has 0 radical (unpaired) electrons. The molecule has 1 aromatic carbocycles. The molecular weight excluding hydrogens is 292 g/mol. The molecule has 0 amide bonds. The minimum Gasteiger partial charge on any atom is -0.384 e. The lowest BCUT2D eigenvalue weighted by atomic mass is 10.3. The van der Waals surface area contributed by atoms with Crippen molar-refractivity contribution in [2.24, 2.45) is 0 Å². The van der Waals surface area contributed by atoms with E-state index in [1.165, 1.54) is 17.8 Å². The van der Waals surface area contributed by atoms with E-state index in [1.807, 2.05) is 6.92 Å². The molecular formula is C13H14N4O3S. The van der Waals surface area contributed by atoms with Gasteiger partial charge in [0, 0.05) is 18.7 Å². The fraction of sp³-hybridized carbons (Fsp3) is 0.231. The summed E-state index contributed by atoms with van der Waals surface area (Å²) in [6.45, 7) is 2.67. The van der Waals surface area contributed by atoms with E-state index in [4.69, 9.17) is 10.5 Å². The number of anilines is 1. The second kappa shape index (κ2) is 7.00. The Morgan fingerprint density at radius 2 is 2.14 bits per heavy atom. The highest BCUT2D eigenvalue weighted by Gasteiger charge is 2.15. The Bertz CT molecular complexity index is 651. The number of hydrogen-bond acceptors (Lipinski definition) is 7. The molecule has 110 valence electrons. The summed E-state index contributed by atoms with van der Waals surface area (Å²) >= 11 is 1.18. The van der Waals surface area contributed by atoms with Crippen LogP contribution in [0.5, 0.6) is 0 Å². The number of nitrogens with zero attached hydrogens (tertiary/aromatic N) is 3. The molecule has 7 nitrogen and oxygen atoms in total. The number of benzene rings is 1. The van der Waals surface area contributed by atoms with Gasteiger partial charge in [0.15, 0.2) is 5.82 Å². The van der Waals surface area contributed by atoms with Gasteiger partial charge in [-0.3, -0.25) is 10.1 Å². The smallest absolute Gasteiger partial charge is 0.283 e. The van der Waals surface area contributed by atoms with Gasteiger partial charge in [0.25, 0.3) is 5.69 Å². The van der Waals surface area contributed by atoms with Gasteiger partial charge in [-0.15, -0.1) is 0 Å². The second-order valence-electron chi connectivity index (χ2n) is 4.01. The van der Waals surface area contributed by atoms with Crippen LogP contribution in [-0.4, -0.2) is 21.5 Å². The first-order valence-electron chi connectivity index (χ1n) is 6.22. The number of nitro benzene ring substituents is 1. The predicted molar refractivity (Wildman–Crippen MR) is 79.0 cm³/mol. The summed E-state index contributed by atoms with van der Waals surface area (Å²) in [4.78, 5) is 19.4. The molecule has 2 rings (SSSR count). The minimum absolute atomic E-state index is 0.0334. The molecule has 0 bridgehead atoms. The van der Waals surface area contributed by atoms with Crippen molar-refractivity contribution in [2.75, 3.05) is 12.3 Å². The molecule has 0 saturated carbocycles. The van der Waals surface area contributed by atoms with Crippen molar-refractivity contribution < 1.29 is 9.66 Å². The van der Waals surface area contributed by atoms with Crippen LogP contribution in [0, 0.1) is 10.1 Å². The molecule has 0 aliphatic heterocycles. The van der Waals surface area contributed by atoms with Crippen molar-refractivity contribution in [2.45, 2.75) is 23.5 Å². The highest BCUT2D eigenvalue weighted by atomic mass is 32.2. The Morgan fingerprint density at radius 1 is 1.38 bits per heavy atom. The van der Waals surface area contributed by atoms with E-state index in [-0.39, 0.29) is 12.3 Å². The van der Waals surface area contributed by atoms with Crippen molar-refractivity contribution in [1.29, 1.82) is 0 Å². The van der Waals surface area contributed by atoms with Crippen LogP contribution in [-0.2, 0) is 11.3 Å². The van der Waals surface area contributed by atoms with Gasteiger partial charge in [0.1, 0.15) is 17.5 Å². The number of aromatic nitrogens is 2.